The third-order valence-corrected chi connectivity index (χ3v) is 7.51. The summed E-state index contributed by atoms with van der Waals surface area (Å²) in [6, 6.07) is -3.45. The van der Waals surface area contributed by atoms with Gasteiger partial charge in [-0.1, -0.05) is 0 Å². The smallest absolute Gasteiger partial charge is 0.249 e. The minimum absolute atomic E-state index is 0. The average molecular weight is 622 g/mol. The van der Waals surface area contributed by atoms with Crippen LogP contribution >= 0.6 is 0 Å². The number of aliphatic hydroxyl groups excluding tert-OH is 8. The summed E-state index contributed by atoms with van der Waals surface area (Å²) in [6.45, 7) is -0.898. The zero-order chi connectivity index (χ0) is 29.9. The molecule has 250 valence electrons. The Balaban J connectivity index is 0.00000441. The molecule has 20 nitrogen and oxygen atoms in total. The van der Waals surface area contributed by atoms with Crippen molar-refractivity contribution in [3.63, 3.8) is 0 Å². The van der Waals surface area contributed by atoms with E-state index >= 15 is 0 Å². The van der Waals surface area contributed by atoms with Crippen LogP contribution < -0.4 is 28.3 Å². The summed E-state index contributed by atoms with van der Waals surface area (Å²) in [5, 5.41) is 84.9. The van der Waals surface area contributed by atoms with Crippen molar-refractivity contribution >= 4 is 5.91 Å². The Labute approximate surface area is 240 Å². The zero-order valence-electron chi connectivity index (χ0n) is 22.7. The molecule has 2 heterocycles. The SMILES string of the molecule is NCC[C@H](O)C(=O)N[C@@H]1C[C@H](N)[C@@H](O[C@H]2O[C@H](CN)[C@@H](O)[C@H](O)[C@H]2O)[C@H](O)[C@H]1O[C@H]1O[C@H](CO)[C@@H](O)[C@H](N)[C@H]1O.O.O. The van der Waals surface area contributed by atoms with E-state index in [1.165, 1.54) is 0 Å². The van der Waals surface area contributed by atoms with Crippen LogP contribution in [0.1, 0.15) is 12.8 Å². The molecule has 3 fully saturated rings. The van der Waals surface area contributed by atoms with Crippen LogP contribution in [0.3, 0.4) is 0 Å². The summed E-state index contributed by atoms with van der Waals surface area (Å²) in [4.78, 5) is 12.6. The summed E-state index contributed by atoms with van der Waals surface area (Å²) >= 11 is 0. The van der Waals surface area contributed by atoms with Crippen LogP contribution in [0.15, 0.2) is 0 Å². The van der Waals surface area contributed by atoms with Crippen molar-refractivity contribution in [2.45, 2.75) is 111 Å². The molecule has 0 aromatic heterocycles. The van der Waals surface area contributed by atoms with Crippen molar-refractivity contribution in [2.24, 2.45) is 22.9 Å². The third kappa shape index (κ3) is 8.26. The molecule has 21 N–H and O–H groups in total. The fourth-order valence-corrected chi connectivity index (χ4v) is 5.07. The molecule has 0 radical (unpaired) electrons. The minimum Gasteiger partial charge on any atom is -0.412 e. The Hall–Kier alpha value is -1.25. The lowest BCUT2D eigenvalue weighted by atomic mass is 9.83. The molecule has 16 atom stereocenters. The first kappa shape index (κ1) is 38.8. The van der Waals surface area contributed by atoms with Crippen LogP contribution in [-0.4, -0.2) is 175 Å². The molecule has 0 unspecified atom stereocenters. The molecule has 20 heteroatoms. The normalized spacial score (nSPS) is 44.8. The Bertz CT molecular complexity index is 818. The molecule has 0 aromatic carbocycles. The van der Waals surface area contributed by atoms with Gasteiger partial charge in [0.25, 0.3) is 0 Å². The predicted octanol–water partition coefficient (Wildman–Crippen LogP) is -10.1. The first-order valence-electron chi connectivity index (χ1n) is 13.1. The maximum absolute atomic E-state index is 12.6. The summed E-state index contributed by atoms with van der Waals surface area (Å²) in [7, 11) is 0. The van der Waals surface area contributed by atoms with E-state index in [-0.39, 0.29) is 36.9 Å². The fraction of sp³-hybridized carbons (Fsp3) is 0.955. The first-order valence-corrected chi connectivity index (χ1v) is 13.1. The number of nitrogens with one attached hydrogen (secondary N) is 1. The van der Waals surface area contributed by atoms with E-state index in [1.807, 2.05) is 0 Å². The van der Waals surface area contributed by atoms with Crippen molar-refractivity contribution in [1.82, 2.24) is 5.32 Å². The fourth-order valence-electron chi connectivity index (χ4n) is 5.07. The second-order valence-electron chi connectivity index (χ2n) is 10.3. The number of rotatable bonds is 10. The van der Waals surface area contributed by atoms with Gasteiger partial charge in [-0.2, -0.15) is 0 Å². The van der Waals surface area contributed by atoms with Gasteiger partial charge in [0.15, 0.2) is 12.6 Å². The van der Waals surface area contributed by atoms with Gasteiger partial charge in [0.05, 0.1) is 18.7 Å². The van der Waals surface area contributed by atoms with E-state index in [0.717, 1.165) is 0 Å². The van der Waals surface area contributed by atoms with Crippen LogP contribution in [0.5, 0.6) is 0 Å². The average Bonchev–Trinajstić information content (AvgIpc) is 2.92. The number of amides is 1. The summed E-state index contributed by atoms with van der Waals surface area (Å²) in [5.41, 5.74) is 23.1. The standard InChI is InChI=1S/C22H43N5O13.2H2O/c23-2-1-8(29)20(36)27-7-3-6(25)18(39-22-16(34)15(33)13(31)9(4-24)37-22)17(35)19(7)40-21-14(32)11(26)12(30)10(5-28)38-21;;/h6-19,21-22,28-35H,1-5,23-26H2,(H,27,36);2*1H2/t6-,7+,8-,9+,10+,11-,12+,13+,14+,15-,16+,17-,18+,19-,21+,22+;;/m0../s1. The lowest BCUT2D eigenvalue weighted by molar-refractivity contribution is -0.332. The Morgan fingerprint density at radius 1 is 0.833 bits per heavy atom. The number of nitrogens with two attached hydrogens (primary N) is 4. The highest BCUT2D eigenvalue weighted by molar-refractivity contribution is 5.80. The zero-order valence-corrected chi connectivity index (χ0v) is 22.7. The second-order valence-corrected chi connectivity index (χ2v) is 10.3. The van der Waals surface area contributed by atoms with Crippen molar-refractivity contribution in [1.29, 1.82) is 0 Å². The van der Waals surface area contributed by atoms with E-state index < -0.39 is 110 Å². The highest BCUT2D eigenvalue weighted by Gasteiger charge is 2.52. The van der Waals surface area contributed by atoms with Gasteiger partial charge in [-0.3, -0.25) is 4.79 Å². The summed E-state index contributed by atoms with van der Waals surface area (Å²) < 4.78 is 22.5. The van der Waals surface area contributed by atoms with Crippen LogP contribution in [0.4, 0.5) is 0 Å². The molecule has 0 bridgehead atoms. The van der Waals surface area contributed by atoms with Crippen LogP contribution in [0, 0.1) is 0 Å². The van der Waals surface area contributed by atoms with Crippen LogP contribution in [-0.2, 0) is 23.7 Å². The summed E-state index contributed by atoms with van der Waals surface area (Å²) in [6.07, 6.45) is -19.8. The highest BCUT2D eigenvalue weighted by atomic mass is 16.7. The largest absolute Gasteiger partial charge is 0.412 e. The Kier molecular flexibility index (Phi) is 15.4. The molecule has 1 aliphatic carbocycles. The number of hydrogen-bond acceptors (Lipinski definition) is 17. The van der Waals surface area contributed by atoms with Gasteiger partial charge in [-0.15, -0.1) is 0 Å². The highest BCUT2D eigenvalue weighted by Crippen LogP contribution is 2.32. The van der Waals surface area contributed by atoms with Crippen LogP contribution in [0.25, 0.3) is 0 Å². The molecular formula is C22H47N5O15. The number of carbonyl (C=O) groups is 1. The van der Waals surface area contributed by atoms with Gasteiger partial charge >= 0.3 is 0 Å². The van der Waals surface area contributed by atoms with E-state index in [2.05, 4.69) is 5.32 Å². The quantitative estimate of drug-likeness (QED) is 0.108. The van der Waals surface area contributed by atoms with E-state index in [0.29, 0.717) is 0 Å². The van der Waals surface area contributed by atoms with Gasteiger partial charge in [-0.05, 0) is 19.4 Å². The number of ether oxygens (including phenoxy) is 4. The lowest BCUT2D eigenvalue weighted by Gasteiger charge is -2.49. The molecular weight excluding hydrogens is 574 g/mol. The first-order chi connectivity index (χ1) is 18.9. The number of carbonyl (C=O) groups excluding carboxylic acids is 1. The van der Waals surface area contributed by atoms with E-state index in [4.69, 9.17) is 41.9 Å². The van der Waals surface area contributed by atoms with Crippen molar-refractivity contribution in [2.75, 3.05) is 19.7 Å². The minimum atomic E-state index is -1.76. The Morgan fingerprint density at radius 2 is 1.40 bits per heavy atom. The van der Waals surface area contributed by atoms with Gasteiger partial charge in [0.2, 0.25) is 5.91 Å². The topological polar surface area (TPSA) is 395 Å². The maximum atomic E-state index is 12.6. The van der Waals surface area contributed by atoms with Gasteiger partial charge in [0, 0.05) is 12.6 Å². The van der Waals surface area contributed by atoms with Crippen LogP contribution in [0.2, 0.25) is 0 Å². The number of hydrogen-bond donors (Lipinski definition) is 13. The summed E-state index contributed by atoms with van der Waals surface area (Å²) in [5.74, 6) is -0.845. The van der Waals surface area contributed by atoms with Crippen molar-refractivity contribution < 1.29 is 75.5 Å². The molecule has 0 spiro atoms. The van der Waals surface area contributed by atoms with E-state index in [1.54, 1.807) is 0 Å². The molecule has 1 amide bonds. The molecule has 0 aromatic rings. The Morgan fingerprint density at radius 3 is 1.98 bits per heavy atom. The van der Waals surface area contributed by atoms with E-state index in [9.17, 15) is 45.6 Å². The maximum Gasteiger partial charge on any atom is 0.249 e. The molecule has 3 rings (SSSR count). The van der Waals surface area contributed by atoms with Gasteiger partial charge in [-0.25, -0.2) is 0 Å². The van der Waals surface area contributed by atoms with Crippen molar-refractivity contribution in [3.05, 3.63) is 0 Å². The molecule has 2 saturated heterocycles. The molecule has 1 saturated carbocycles. The van der Waals surface area contributed by atoms with Crippen molar-refractivity contribution in [3.8, 4) is 0 Å². The monoisotopic (exact) mass is 621 g/mol. The van der Waals surface area contributed by atoms with Gasteiger partial charge in [0.1, 0.15) is 67.1 Å². The van der Waals surface area contributed by atoms with Gasteiger partial charge < -0.3 is 99.0 Å². The third-order valence-electron chi connectivity index (χ3n) is 7.51. The second kappa shape index (κ2) is 16.7. The molecule has 3 aliphatic rings. The molecule has 42 heavy (non-hydrogen) atoms. The lowest BCUT2D eigenvalue weighted by Crippen LogP contribution is -2.69. The number of aliphatic hydroxyl groups is 8. The predicted molar refractivity (Wildman–Crippen MR) is 139 cm³/mol. The molecule has 2 aliphatic heterocycles.